The smallest absolute Gasteiger partial charge is 0.306 e. The molecule has 1 aliphatic carbocycles. The first kappa shape index (κ1) is 25.2. The minimum atomic E-state index is -4.00. The summed E-state index contributed by atoms with van der Waals surface area (Å²) in [4.78, 5) is 15.6. The number of nitrogens with zero attached hydrogens (tertiary/aromatic N) is 2. The number of hydrazine groups is 1. The van der Waals surface area contributed by atoms with Gasteiger partial charge in [0.1, 0.15) is 11.6 Å². The number of benzene rings is 3. The van der Waals surface area contributed by atoms with Gasteiger partial charge in [-0.25, -0.2) is 4.39 Å². The van der Waals surface area contributed by atoms with Gasteiger partial charge in [0.2, 0.25) is 0 Å². The normalized spacial score (nSPS) is 14.1. The van der Waals surface area contributed by atoms with Crippen molar-refractivity contribution in [1.82, 2.24) is 10.3 Å². The molecule has 0 unspecified atom stereocenters. The van der Waals surface area contributed by atoms with Crippen LogP contribution in [0.2, 0.25) is 0 Å². The molecular weight excluding hydrogens is 507 g/mol. The van der Waals surface area contributed by atoms with Crippen molar-refractivity contribution >= 4 is 33.0 Å². The number of anilines is 2. The summed E-state index contributed by atoms with van der Waals surface area (Å²) in [5, 5.41) is 5.84. The van der Waals surface area contributed by atoms with Gasteiger partial charge >= 0.3 is 5.91 Å². The molecule has 0 bridgehead atoms. The fourth-order valence-electron chi connectivity index (χ4n) is 4.36. The number of halogens is 1. The minimum Gasteiger partial charge on any atom is -0.455 e. The summed E-state index contributed by atoms with van der Waals surface area (Å²) in [6.07, 6.45) is 1.77. The molecule has 1 aliphatic rings. The highest BCUT2D eigenvalue weighted by Crippen LogP contribution is 2.31. The Labute approximate surface area is 219 Å². The molecule has 0 fully saturated rings. The second-order valence-electron chi connectivity index (χ2n) is 8.76. The summed E-state index contributed by atoms with van der Waals surface area (Å²) in [7, 11) is -4.00. The monoisotopic (exact) mass is 532 g/mol. The van der Waals surface area contributed by atoms with Crippen molar-refractivity contribution in [2.75, 3.05) is 5.01 Å². The van der Waals surface area contributed by atoms with Crippen LogP contribution in [0.1, 0.15) is 40.3 Å². The van der Waals surface area contributed by atoms with E-state index in [9.17, 15) is 17.6 Å². The number of carbonyl (C=O) groups is 1. The van der Waals surface area contributed by atoms with E-state index >= 15 is 0 Å². The fraction of sp³-hybridized carbons (Fsp3) is 0.143. The van der Waals surface area contributed by atoms with E-state index in [1.165, 1.54) is 12.1 Å². The molecule has 3 aromatic carbocycles. The molecular formula is C28H25FN4O4S. The van der Waals surface area contributed by atoms with E-state index in [4.69, 9.17) is 4.42 Å². The molecule has 0 aliphatic heterocycles. The second kappa shape index (κ2) is 10.5. The molecule has 0 saturated heterocycles. The molecule has 2 N–H and O–H groups in total. The second-order valence-corrected chi connectivity index (χ2v) is 10.4. The van der Waals surface area contributed by atoms with E-state index in [0.29, 0.717) is 41.9 Å². The number of hydrogen-bond acceptors (Lipinski definition) is 6. The predicted molar refractivity (Wildman–Crippen MR) is 142 cm³/mol. The summed E-state index contributed by atoms with van der Waals surface area (Å²) >= 11 is 0. The lowest BCUT2D eigenvalue weighted by Crippen LogP contribution is -2.39. The van der Waals surface area contributed by atoms with Gasteiger partial charge in [-0.05, 0) is 68.3 Å². The molecule has 1 aromatic heterocycles. The van der Waals surface area contributed by atoms with Crippen LogP contribution in [0.25, 0.3) is 0 Å². The zero-order valence-electron chi connectivity index (χ0n) is 20.5. The van der Waals surface area contributed by atoms with E-state index in [1.807, 2.05) is 60.7 Å². The van der Waals surface area contributed by atoms with Crippen molar-refractivity contribution in [3.05, 3.63) is 113 Å². The van der Waals surface area contributed by atoms with E-state index in [0.717, 1.165) is 23.5 Å². The lowest BCUT2D eigenvalue weighted by Gasteiger charge is -2.25. The van der Waals surface area contributed by atoms with Gasteiger partial charge in [0, 0.05) is 17.5 Å². The van der Waals surface area contributed by atoms with Crippen LogP contribution in [-0.4, -0.2) is 20.0 Å². The minimum absolute atomic E-state index is 0.106. The number of furan rings is 1. The maximum atomic E-state index is 13.4. The Morgan fingerprint density at radius 3 is 2.13 bits per heavy atom. The van der Waals surface area contributed by atoms with Crippen LogP contribution < -0.4 is 15.3 Å². The number of nitrogens with one attached hydrogen (secondary N) is 2. The van der Waals surface area contributed by atoms with E-state index in [1.54, 1.807) is 11.9 Å². The number of hydrazone groups is 1. The van der Waals surface area contributed by atoms with Crippen LogP contribution in [0, 0.1) is 12.7 Å². The van der Waals surface area contributed by atoms with Crippen LogP contribution in [0.4, 0.5) is 15.8 Å². The summed E-state index contributed by atoms with van der Waals surface area (Å²) < 4.78 is 44.5. The van der Waals surface area contributed by atoms with E-state index < -0.39 is 21.7 Å². The first-order chi connectivity index (χ1) is 18.3. The zero-order chi connectivity index (χ0) is 26.7. The molecule has 8 nitrogen and oxygen atoms in total. The standard InChI is InChI=1S/C28H25FN4O4S/c1-19-26-24(30-32-38(35,36)23-17-15-20(29)16-18-23)13-8-14-25(26)37-27(19)28(34)31-33(21-9-4-2-5-10-21)22-11-6-3-7-12-22/h2-7,9-12,15-18,32H,8,13-14H2,1H3,(H,31,34)/b30-24+. The number of para-hydroxylation sites is 2. The number of carbonyl (C=O) groups excluding carboxylic acids is 1. The first-order valence-corrected chi connectivity index (χ1v) is 13.5. The maximum Gasteiger partial charge on any atom is 0.306 e. The number of fused-ring (bicyclic) bond motifs is 1. The molecule has 4 aromatic rings. The van der Waals surface area contributed by atoms with Gasteiger partial charge in [-0.3, -0.25) is 15.2 Å². The van der Waals surface area contributed by atoms with Gasteiger partial charge in [0.05, 0.1) is 22.0 Å². The zero-order valence-corrected chi connectivity index (χ0v) is 21.3. The van der Waals surface area contributed by atoms with Gasteiger partial charge in [-0.15, -0.1) is 0 Å². The Balaban J connectivity index is 1.43. The molecule has 0 radical (unpaired) electrons. The summed E-state index contributed by atoms with van der Waals surface area (Å²) in [6.45, 7) is 1.75. The highest BCUT2D eigenvalue weighted by Gasteiger charge is 2.29. The summed E-state index contributed by atoms with van der Waals surface area (Å²) in [5.74, 6) is -0.284. The number of sulfonamides is 1. The molecule has 1 heterocycles. The van der Waals surface area contributed by atoms with Crippen LogP contribution in [-0.2, 0) is 16.4 Å². The van der Waals surface area contributed by atoms with Crippen molar-refractivity contribution in [1.29, 1.82) is 0 Å². The molecule has 38 heavy (non-hydrogen) atoms. The van der Waals surface area contributed by atoms with Gasteiger partial charge < -0.3 is 4.42 Å². The van der Waals surface area contributed by atoms with Crippen molar-refractivity contribution in [2.45, 2.75) is 31.1 Å². The molecule has 5 rings (SSSR count). The van der Waals surface area contributed by atoms with E-state index in [2.05, 4.69) is 15.4 Å². The van der Waals surface area contributed by atoms with Gasteiger partial charge in [0.25, 0.3) is 10.0 Å². The lowest BCUT2D eigenvalue weighted by molar-refractivity contribution is 0.0923. The number of hydrogen-bond donors (Lipinski definition) is 2. The van der Waals surface area contributed by atoms with Crippen molar-refractivity contribution in [3.8, 4) is 0 Å². The Kier molecular flexibility index (Phi) is 6.97. The Morgan fingerprint density at radius 2 is 1.53 bits per heavy atom. The quantitative estimate of drug-likeness (QED) is 0.317. The fourth-order valence-corrected chi connectivity index (χ4v) is 5.19. The number of rotatable bonds is 7. The molecule has 194 valence electrons. The first-order valence-electron chi connectivity index (χ1n) is 12.0. The molecule has 1 amide bonds. The van der Waals surface area contributed by atoms with Gasteiger partial charge in [-0.2, -0.15) is 18.4 Å². The molecule has 0 saturated carbocycles. The van der Waals surface area contributed by atoms with Gasteiger partial charge in [-0.1, -0.05) is 36.4 Å². The van der Waals surface area contributed by atoms with Crippen molar-refractivity contribution in [3.63, 3.8) is 0 Å². The SMILES string of the molecule is Cc1c(C(=O)NN(c2ccccc2)c2ccccc2)oc2c1/C(=N/NS(=O)(=O)c1ccc(F)cc1)CCC2. The average Bonchev–Trinajstić information content (AvgIpc) is 3.28. The highest BCUT2D eigenvalue weighted by atomic mass is 32.2. The number of amides is 1. The van der Waals surface area contributed by atoms with Crippen LogP contribution in [0.15, 0.2) is 99.3 Å². The maximum absolute atomic E-state index is 13.4. The average molecular weight is 533 g/mol. The third-order valence-corrected chi connectivity index (χ3v) is 7.42. The molecule has 0 spiro atoms. The van der Waals surface area contributed by atoms with E-state index in [-0.39, 0.29) is 10.7 Å². The van der Waals surface area contributed by atoms with Gasteiger partial charge in [0.15, 0.2) is 5.76 Å². The van der Waals surface area contributed by atoms with Crippen molar-refractivity contribution < 1.29 is 22.0 Å². The van der Waals surface area contributed by atoms with Crippen LogP contribution in [0.3, 0.4) is 0 Å². The highest BCUT2D eigenvalue weighted by molar-refractivity contribution is 7.89. The lowest BCUT2D eigenvalue weighted by atomic mass is 9.93. The molecule has 0 atom stereocenters. The Bertz CT molecular complexity index is 1550. The largest absolute Gasteiger partial charge is 0.455 e. The summed E-state index contributed by atoms with van der Waals surface area (Å²) in [5.41, 5.74) is 6.12. The predicted octanol–water partition coefficient (Wildman–Crippen LogP) is 5.23. The third-order valence-electron chi connectivity index (χ3n) is 6.20. The number of aryl methyl sites for hydroxylation is 1. The summed E-state index contributed by atoms with van der Waals surface area (Å²) in [6, 6.07) is 23.3. The molecule has 10 heteroatoms. The van der Waals surface area contributed by atoms with Crippen molar-refractivity contribution in [2.24, 2.45) is 5.10 Å². The van der Waals surface area contributed by atoms with Crippen LogP contribution in [0.5, 0.6) is 0 Å². The third kappa shape index (κ3) is 5.16. The Morgan fingerprint density at radius 1 is 0.921 bits per heavy atom. The topological polar surface area (TPSA) is 104 Å². The Hall–Kier alpha value is -4.44. The van der Waals surface area contributed by atoms with Crippen LogP contribution >= 0.6 is 0 Å².